The number of hydrogen-bond donors (Lipinski definition) is 1. The van der Waals surface area contributed by atoms with E-state index >= 15 is 0 Å². The lowest BCUT2D eigenvalue weighted by Crippen LogP contribution is -1.76. The predicted octanol–water partition coefficient (Wildman–Crippen LogP) is 3.02. The summed E-state index contributed by atoms with van der Waals surface area (Å²) in [6.07, 6.45) is 1.77. The van der Waals surface area contributed by atoms with E-state index in [9.17, 15) is 0 Å². The lowest BCUT2D eigenvalue weighted by atomic mass is 10.1. The molecule has 0 radical (unpaired) electrons. The molecule has 0 bridgehead atoms. The molecule has 1 nitrogen and oxygen atoms in total. The van der Waals surface area contributed by atoms with Gasteiger partial charge in [-0.1, -0.05) is 30.3 Å². The first-order valence-corrected chi connectivity index (χ1v) is 4.31. The number of nitrogens with two attached hydrogens (primary N) is 1. The van der Waals surface area contributed by atoms with Gasteiger partial charge in [-0.15, -0.1) is 5.73 Å². The average molecular weight is 196 g/mol. The van der Waals surface area contributed by atoms with Crippen LogP contribution in [-0.4, -0.2) is 7.05 Å². The number of halogens is 1. The minimum Gasteiger partial charge on any atom is -0.333 e. The van der Waals surface area contributed by atoms with E-state index in [-0.39, 0.29) is 0 Å². The first-order valence-electron chi connectivity index (χ1n) is 3.94. The summed E-state index contributed by atoms with van der Waals surface area (Å²) < 4.78 is 0. The average Bonchev–Trinajstić information content (AvgIpc) is 2.14. The van der Waals surface area contributed by atoms with E-state index < -0.39 is 0 Å². The van der Waals surface area contributed by atoms with Crippen molar-refractivity contribution >= 4 is 17.7 Å². The van der Waals surface area contributed by atoms with Crippen molar-refractivity contribution in [3.63, 3.8) is 0 Å². The van der Waals surface area contributed by atoms with Crippen LogP contribution >= 0.6 is 11.6 Å². The Kier molecular flexibility index (Phi) is 5.99. The normalized spacial score (nSPS) is 8.00. The SMILES string of the molecule is C=C=Cc1ccc(C)cc1Cl.CN. The summed E-state index contributed by atoms with van der Waals surface area (Å²) in [6, 6.07) is 5.88. The molecule has 0 aliphatic heterocycles. The Hall–Kier alpha value is -1.01. The van der Waals surface area contributed by atoms with Gasteiger partial charge in [0, 0.05) is 10.6 Å². The van der Waals surface area contributed by atoms with Crippen molar-refractivity contribution < 1.29 is 0 Å². The first-order chi connectivity index (χ1) is 6.24. The zero-order valence-electron chi connectivity index (χ0n) is 7.97. The fraction of sp³-hybridized carbons (Fsp3) is 0.182. The van der Waals surface area contributed by atoms with Gasteiger partial charge >= 0.3 is 0 Å². The molecule has 0 saturated carbocycles. The maximum atomic E-state index is 5.91. The van der Waals surface area contributed by atoms with Crippen LogP contribution in [0.3, 0.4) is 0 Å². The van der Waals surface area contributed by atoms with Gasteiger partial charge in [0.15, 0.2) is 0 Å². The highest BCUT2D eigenvalue weighted by Gasteiger charge is 1.94. The van der Waals surface area contributed by atoms with Crippen molar-refractivity contribution in [3.05, 3.63) is 46.7 Å². The second-order valence-corrected chi connectivity index (χ2v) is 2.78. The van der Waals surface area contributed by atoms with E-state index in [4.69, 9.17) is 11.6 Å². The minimum atomic E-state index is 0.751. The molecule has 1 aromatic rings. The molecule has 0 aliphatic rings. The van der Waals surface area contributed by atoms with E-state index in [2.05, 4.69) is 18.0 Å². The molecule has 0 amide bonds. The number of aryl methyl sites for hydroxylation is 1. The fourth-order valence-electron chi connectivity index (χ4n) is 0.859. The van der Waals surface area contributed by atoms with Crippen molar-refractivity contribution in [1.29, 1.82) is 0 Å². The Morgan fingerprint density at radius 1 is 1.46 bits per heavy atom. The highest BCUT2D eigenvalue weighted by Crippen LogP contribution is 2.18. The maximum Gasteiger partial charge on any atom is 0.0487 e. The summed E-state index contributed by atoms with van der Waals surface area (Å²) in [5.41, 5.74) is 9.31. The molecule has 0 heterocycles. The Balaban J connectivity index is 0.000000671. The van der Waals surface area contributed by atoms with Crippen molar-refractivity contribution in [2.75, 3.05) is 7.05 Å². The van der Waals surface area contributed by atoms with E-state index in [1.54, 1.807) is 6.08 Å². The Morgan fingerprint density at radius 2 is 2.08 bits per heavy atom. The van der Waals surface area contributed by atoms with Gasteiger partial charge in [0.25, 0.3) is 0 Å². The molecule has 0 aromatic heterocycles. The standard InChI is InChI=1S/C10H9Cl.CH5N/c1-3-4-9-6-5-8(2)7-10(9)11;1-2/h4-7H,1H2,2H3;2H2,1H3. The smallest absolute Gasteiger partial charge is 0.0487 e. The molecule has 0 fully saturated rings. The summed E-state index contributed by atoms with van der Waals surface area (Å²) in [5, 5.41) is 0.751. The molecule has 0 unspecified atom stereocenters. The second kappa shape index (κ2) is 6.50. The minimum absolute atomic E-state index is 0.751. The van der Waals surface area contributed by atoms with Gasteiger partial charge in [0.2, 0.25) is 0 Å². The maximum absolute atomic E-state index is 5.91. The number of rotatable bonds is 1. The third-order valence-electron chi connectivity index (χ3n) is 1.41. The van der Waals surface area contributed by atoms with E-state index in [1.165, 1.54) is 7.05 Å². The van der Waals surface area contributed by atoms with Gasteiger partial charge in [-0.25, -0.2) is 0 Å². The topological polar surface area (TPSA) is 26.0 Å². The summed E-state index contributed by atoms with van der Waals surface area (Å²) in [4.78, 5) is 0. The van der Waals surface area contributed by atoms with Crippen LogP contribution in [0.5, 0.6) is 0 Å². The lowest BCUT2D eigenvalue weighted by Gasteiger charge is -1.97. The van der Waals surface area contributed by atoms with Gasteiger partial charge in [0.05, 0.1) is 0 Å². The van der Waals surface area contributed by atoms with E-state index in [0.29, 0.717) is 0 Å². The molecular weight excluding hydrogens is 182 g/mol. The van der Waals surface area contributed by atoms with Gasteiger partial charge in [-0.2, -0.15) is 0 Å². The first kappa shape index (κ1) is 12.0. The molecule has 70 valence electrons. The Morgan fingerprint density at radius 3 is 2.54 bits per heavy atom. The predicted molar refractivity (Wildman–Crippen MR) is 59.9 cm³/mol. The van der Waals surface area contributed by atoms with Crippen LogP contribution in [0, 0.1) is 6.92 Å². The fourth-order valence-corrected chi connectivity index (χ4v) is 1.15. The molecular formula is C11H14ClN. The third kappa shape index (κ3) is 3.95. The summed E-state index contributed by atoms with van der Waals surface area (Å²) in [7, 11) is 1.50. The molecule has 2 N–H and O–H groups in total. The van der Waals surface area contributed by atoms with Gasteiger partial charge in [0.1, 0.15) is 0 Å². The van der Waals surface area contributed by atoms with Gasteiger partial charge in [-0.3, -0.25) is 0 Å². The van der Waals surface area contributed by atoms with Gasteiger partial charge in [-0.05, 0) is 31.7 Å². The summed E-state index contributed by atoms with van der Waals surface area (Å²) >= 11 is 5.91. The summed E-state index contributed by atoms with van der Waals surface area (Å²) in [5.74, 6) is 0. The number of benzene rings is 1. The van der Waals surface area contributed by atoms with Crippen molar-refractivity contribution in [2.45, 2.75) is 6.92 Å². The van der Waals surface area contributed by atoms with E-state index in [0.717, 1.165) is 16.1 Å². The van der Waals surface area contributed by atoms with Crippen molar-refractivity contribution in [1.82, 2.24) is 0 Å². The molecule has 2 heteroatoms. The van der Waals surface area contributed by atoms with Crippen molar-refractivity contribution in [3.8, 4) is 0 Å². The van der Waals surface area contributed by atoms with Crippen LogP contribution in [0.4, 0.5) is 0 Å². The molecule has 1 rings (SSSR count). The van der Waals surface area contributed by atoms with Crippen LogP contribution in [-0.2, 0) is 0 Å². The second-order valence-electron chi connectivity index (χ2n) is 2.37. The number of hydrogen-bond acceptors (Lipinski definition) is 1. The molecule has 0 atom stereocenters. The van der Waals surface area contributed by atoms with Gasteiger partial charge < -0.3 is 5.73 Å². The van der Waals surface area contributed by atoms with Crippen molar-refractivity contribution in [2.24, 2.45) is 5.73 Å². The lowest BCUT2D eigenvalue weighted by molar-refractivity contribution is 1.46. The molecule has 0 saturated heterocycles. The highest BCUT2D eigenvalue weighted by atomic mass is 35.5. The van der Waals surface area contributed by atoms with Crippen LogP contribution in [0.15, 0.2) is 30.5 Å². The Labute approximate surface area is 84.5 Å². The zero-order valence-corrected chi connectivity index (χ0v) is 8.73. The molecule has 0 spiro atoms. The molecule has 1 aromatic carbocycles. The molecule has 0 aliphatic carbocycles. The largest absolute Gasteiger partial charge is 0.333 e. The zero-order chi connectivity index (χ0) is 10.3. The van der Waals surface area contributed by atoms with Crippen LogP contribution in [0.25, 0.3) is 6.08 Å². The van der Waals surface area contributed by atoms with Crippen LogP contribution in [0.2, 0.25) is 5.02 Å². The highest BCUT2D eigenvalue weighted by molar-refractivity contribution is 6.32. The van der Waals surface area contributed by atoms with E-state index in [1.807, 2.05) is 25.1 Å². The Bertz CT molecular complexity index is 312. The quantitative estimate of drug-likeness (QED) is 0.685. The van der Waals surface area contributed by atoms with Crippen LogP contribution in [0.1, 0.15) is 11.1 Å². The monoisotopic (exact) mass is 195 g/mol. The third-order valence-corrected chi connectivity index (χ3v) is 1.74. The summed E-state index contributed by atoms with van der Waals surface area (Å²) in [6.45, 7) is 5.49. The van der Waals surface area contributed by atoms with Crippen LogP contribution < -0.4 is 5.73 Å². The molecule has 13 heavy (non-hydrogen) atoms.